The van der Waals surface area contributed by atoms with E-state index in [0.29, 0.717) is 28.3 Å². The summed E-state index contributed by atoms with van der Waals surface area (Å²) in [4.78, 5) is 29.1. The van der Waals surface area contributed by atoms with Crippen LogP contribution < -0.4 is 9.64 Å². The summed E-state index contributed by atoms with van der Waals surface area (Å²) in [5, 5.41) is 0. The third-order valence-electron chi connectivity index (χ3n) is 6.34. The molecule has 2 amide bonds. The van der Waals surface area contributed by atoms with Gasteiger partial charge in [-0.05, 0) is 54.1 Å². The van der Waals surface area contributed by atoms with Crippen LogP contribution in [0.25, 0.3) is 0 Å². The zero-order valence-corrected chi connectivity index (χ0v) is 19.8. The number of methoxy groups -OCH3 is 1. The van der Waals surface area contributed by atoms with Crippen molar-refractivity contribution in [3.05, 3.63) is 94.8 Å². The highest BCUT2D eigenvalue weighted by atomic mass is 32.2. The van der Waals surface area contributed by atoms with Crippen molar-refractivity contribution in [3.8, 4) is 5.75 Å². The lowest BCUT2D eigenvalue weighted by Gasteiger charge is -2.33. The molecule has 3 aromatic carbocycles. The maximum Gasteiger partial charge on any atom is 0.416 e. The summed E-state index contributed by atoms with van der Waals surface area (Å²) < 4.78 is 58.2. The van der Waals surface area contributed by atoms with Crippen molar-refractivity contribution < 1.29 is 31.9 Å². The fraction of sp³-hybridized carbons (Fsp3) is 0.231. The van der Waals surface area contributed by atoms with Crippen LogP contribution in [0.3, 0.4) is 0 Å². The third-order valence-corrected chi connectivity index (χ3v) is 7.76. The highest BCUT2D eigenvalue weighted by Crippen LogP contribution is 2.55. The fourth-order valence-corrected chi connectivity index (χ4v) is 6.09. The van der Waals surface area contributed by atoms with Crippen molar-refractivity contribution in [1.82, 2.24) is 4.90 Å². The molecule has 1 fully saturated rings. The number of carbonyl (C=O) groups excluding carboxylic acids is 2. The van der Waals surface area contributed by atoms with Crippen LogP contribution in [0.15, 0.2) is 66.7 Å². The van der Waals surface area contributed by atoms with Crippen molar-refractivity contribution in [2.75, 3.05) is 24.3 Å². The van der Waals surface area contributed by atoms with Gasteiger partial charge in [-0.25, -0.2) is 4.39 Å². The highest BCUT2D eigenvalue weighted by Gasteiger charge is 2.59. The minimum Gasteiger partial charge on any atom is -0.497 e. The van der Waals surface area contributed by atoms with Crippen LogP contribution in [0.1, 0.15) is 27.0 Å². The molecule has 2 aliphatic heterocycles. The minimum atomic E-state index is -4.46. The molecule has 0 aliphatic carbocycles. The number of rotatable bonds is 4. The Labute approximate surface area is 208 Å². The number of thioether (sulfide) groups is 1. The Morgan fingerprint density at radius 2 is 1.83 bits per heavy atom. The van der Waals surface area contributed by atoms with Gasteiger partial charge in [0.25, 0.3) is 11.8 Å². The standard InChI is InChI=1S/C26H20F4N2O3S/c1-35-20-9-10-22-21(14-20)25(32(11-12-36-25)23(33)17-3-2-4-19(27)13-17)24(34)31(22)15-16-5-7-18(8-6-16)26(28,29)30/h2-10,13-14H,11-12,15H2,1H3. The number of hydrogen-bond donors (Lipinski definition) is 0. The Morgan fingerprint density at radius 3 is 2.50 bits per heavy atom. The van der Waals surface area contributed by atoms with E-state index in [1.165, 1.54) is 59.0 Å². The molecule has 36 heavy (non-hydrogen) atoms. The number of benzene rings is 3. The first-order chi connectivity index (χ1) is 17.1. The van der Waals surface area contributed by atoms with Gasteiger partial charge < -0.3 is 14.5 Å². The largest absolute Gasteiger partial charge is 0.497 e. The second-order valence-corrected chi connectivity index (χ2v) is 9.72. The first kappa shape index (κ1) is 24.2. The lowest BCUT2D eigenvalue weighted by molar-refractivity contribution is -0.137. The van der Waals surface area contributed by atoms with E-state index in [1.54, 1.807) is 18.2 Å². The molecule has 2 heterocycles. The minimum absolute atomic E-state index is 0.0145. The number of fused-ring (bicyclic) bond motifs is 2. The zero-order chi connectivity index (χ0) is 25.7. The molecule has 5 nitrogen and oxygen atoms in total. The van der Waals surface area contributed by atoms with Crippen LogP contribution in [0.2, 0.25) is 0 Å². The van der Waals surface area contributed by atoms with Gasteiger partial charge in [0.1, 0.15) is 11.6 Å². The van der Waals surface area contributed by atoms with E-state index in [9.17, 15) is 27.2 Å². The number of carbonyl (C=O) groups is 2. The highest BCUT2D eigenvalue weighted by molar-refractivity contribution is 8.01. The van der Waals surface area contributed by atoms with Crippen molar-refractivity contribution in [2.24, 2.45) is 0 Å². The fourth-order valence-electron chi connectivity index (χ4n) is 4.64. The van der Waals surface area contributed by atoms with Gasteiger partial charge in [0, 0.05) is 23.4 Å². The molecule has 1 unspecified atom stereocenters. The molecule has 10 heteroatoms. The lowest BCUT2D eigenvalue weighted by atomic mass is 10.0. The summed E-state index contributed by atoms with van der Waals surface area (Å²) in [6.45, 7) is 0.275. The Morgan fingerprint density at radius 1 is 1.08 bits per heavy atom. The van der Waals surface area contributed by atoms with Gasteiger partial charge in [-0.15, -0.1) is 11.8 Å². The molecule has 0 bridgehead atoms. The average molecular weight is 517 g/mol. The van der Waals surface area contributed by atoms with Crippen LogP contribution in [0.4, 0.5) is 23.2 Å². The number of halogens is 4. The first-order valence-corrected chi connectivity index (χ1v) is 12.0. The van der Waals surface area contributed by atoms with Crippen LogP contribution in [-0.2, 0) is 22.4 Å². The van der Waals surface area contributed by atoms with E-state index in [1.807, 2.05) is 0 Å². The van der Waals surface area contributed by atoms with Gasteiger partial charge in [0.05, 0.1) is 24.9 Å². The van der Waals surface area contributed by atoms with Crippen molar-refractivity contribution in [3.63, 3.8) is 0 Å². The maximum atomic E-state index is 14.0. The second-order valence-electron chi connectivity index (χ2n) is 8.43. The molecule has 3 aromatic rings. The van der Waals surface area contributed by atoms with E-state index in [2.05, 4.69) is 0 Å². The zero-order valence-electron chi connectivity index (χ0n) is 19.0. The maximum absolute atomic E-state index is 14.0. The predicted octanol–water partition coefficient (Wildman–Crippen LogP) is 5.44. The molecular formula is C26H20F4N2O3S. The topological polar surface area (TPSA) is 49.9 Å². The number of ether oxygens (including phenoxy) is 1. The Balaban J connectivity index is 1.56. The third kappa shape index (κ3) is 3.89. The molecule has 0 N–H and O–H groups in total. The molecular weight excluding hydrogens is 496 g/mol. The molecule has 0 saturated carbocycles. The molecule has 1 spiro atoms. The SMILES string of the molecule is COc1ccc2c(c1)C1(SCCN1C(=O)c1cccc(F)c1)C(=O)N2Cc1ccc(C(F)(F)F)cc1. The van der Waals surface area contributed by atoms with Crippen molar-refractivity contribution in [1.29, 1.82) is 0 Å². The molecule has 5 rings (SSSR count). The van der Waals surface area contributed by atoms with Crippen LogP contribution in [-0.4, -0.2) is 36.1 Å². The van der Waals surface area contributed by atoms with Gasteiger partial charge >= 0.3 is 6.18 Å². The predicted molar refractivity (Wildman–Crippen MR) is 127 cm³/mol. The van der Waals surface area contributed by atoms with E-state index >= 15 is 0 Å². The van der Waals surface area contributed by atoms with Crippen LogP contribution >= 0.6 is 11.8 Å². The molecule has 186 valence electrons. The number of nitrogens with zero attached hydrogens (tertiary/aromatic N) is 2. The summed E-state index contributed by atoms with van der Waals surface area (Å²) in [6.07, 6.45) is -4.46. The molecule has 0 radical (unpaired) electrons. The van der Waals surface area contributed by atoms with Gasteiger partial charge in [-0.2, -0.15) is 13.2 Å². The summed E-state index contributed by atoms with van der Waals surface area (Å²) in [7, 11) is 1.49. The molecule has 2 aliphatic rings. The Bertz CT molecular complexity index is 1350. The molecule has 0 aromatic heterocycles. The summed E-state index contributed by atoms with van der Waals surface area (Å²) >= 11 is 1.29. The molecule has 1 saturated heterocycles. The van der Waals surface area contributed by atoms with E-state index in [0.717, 1.165) is 18.2 Å². The second kappa shape index (κ2) is 8.85. The van der Waals surface area contributed by atoms with Gasteiger partial charge in [-0.1, -0.05) is 18.2 Å². The monoisotopic (exact) mass is 516 g/mol. The van der Waals surface area contributed by atoms with Gasteiger partial charge in [0.15, 0.2) is 4.87 Å². The van der Waals surface area contributed by atoms with Gasteiger partial charge in [0.2, 0.25) is 0 Å². The van der Waals surface area contributed by atoms with E-state index < -0.39 is 34.2 Å². The summed E-state index contributed by atoms with van der Waals surface area (Å²) in [5.41, 5.74) is 0.924. The van der Waals surface area contributed by atoms with Crippen molar-refractivity contribution in [2.45, 2.75) is 17.6 Å². The van der Waals surface area contributed by atoms with E-state index in [4.69, 9.17) is 4.74 Å². The Hall–Kier alpha value is -3.53. The first-order valence-electron chi connectivity index (χ1n) is 11.0. The number of hydrogen-bond acceptors (Lipinski definition) is 4. The quantitative estimate of drug-likeness (QED) is 0.434. The van der Waals surface area contributed by atoms with Crippen LogP contribution in [0.5, 0.6) is 5.75 Å². The lowest BCUT2D eigenvalue weighted by Crippen LogP contribution is -2.50. The smallest absolute Gasteiger partial charge is 0.416 e. The normalized spacial score (nSPS) is 19.2. The van der Waals surface area contributed by atoms with Crippen LogP contribution in [0, 0.1) is 5.82 Å². The summed E-state index contributed by atoms with van der Waals surface area (Å²) in [6, 6.07) is 15.0. The summed E-state index contributed by atoms with van der Waals surface area (Å²) in [5.74, 6) is -0.484. The van der Waals surface area contributed by atoms with E-state index in [-0.39, 0.29) is 18.7 Å². The average Bonchev–Trinajstić information content (AvgIpc) is 3.40. The van der Waals surface area contributed by atoms with Crippen molar-refractivity contribution >= 4 is 29.3 Å². The number of amides is 2. The number of anilines is 1. The van der Waals surface area contributed by atoms with Gasteiger partial charge in [-0.3, -0.25) is 9.59 Å². The Kier molecular flexibility index (Phi) is 5.94. The molecule has 1 atom stereocenters. The number of alkyl halides is 3.